The number of amides is 2. The molecular weight excluding hydrogens is 322 g/mol. The van der Waals surface area contributed by atoms with Crippen LogP contribution in [0.3, 0.4) is 0 Å². The molecule has 25 heavy (non-hydrogen) atoms. The van der Waals surface area contributed by atoms with Crippen molar-refractivity contribution in [1.29, 1.82) is 0 Å². The number of nitrogens with one attached hydrogen (secondary N) is 1. The summed E-state index contributed by atoms with van der Waals surface area (Å²) in [5.41, 5.74) is 0.325. The molecule has 0 unspecified atom stereocenters. The van der Waals surface area contributed by atoms with Gasteiger partial charge in [0.15, 0.2) is 0 Å². The quantitative estimate of drug-likeness (QED) is 0.886. The first-order valence-corrected chi connectivity index (χ1v) is 8.88. The van der Waals surface area contributed by atoms with Crippen LogP contribution in [0.2, 0.25) is 0 Å². The van der Waals surface area contributed by atoms with Crippen molar-refractivity contribution in [2.75, 3.05) is 33.4 Å². The van der Waals surface area contributed by atoms with Gasteiger partial charge in [-0.1, -0.05) is 0 Å². The fourth-order valence-corrected chi connectivity index (χ4v) is 3.37. The number of hydrogen-bond donors (Lipinski definition) is 1. The van der Waals surface area contributed by atoms with Gasteiger partial charge in [0.25, 0.3) is 5.91 Å². The number of piperidine rings is 1. The highest BCUT2D eigenvalue weighted by Crippen LogP contribution is 2.23. The van der Waals surface area contributed by atoms with Gasteiger partial charge in [0.1, 0.15) is 17.5 Å². The Labute approximate surface area is 147 Å². The fraction of sp³-hybridized carbons (Fsp3) is 0.611. The Bertz CT molecular complexity index is 616. The van der Waals surface area contributed by atoms with Crippen molar-refractivity contribution in [3.05, 3.63) is 24.0 Å². The molecule has 1 aromatic heterocycles. The van der Waals surface area contributed by atoms with E-state index >= 15 is 0 Å². The minimum atomic E-state index is -0.245. The monoisotopic (exact) mass is 347 g/mol. The first-order valence-electron chi connectivity index (χ1n) is 8.88. The molecule has 1 atom stereocenters. The predicted octanol–water partition coefficient (Wildman–Crippen LogP) is 1.24. The average molecular weight is 347 g/mol. The minimum absolute atomic E-state index is 0.0579. The lowest BCUT2D eigenvalue weighted by atomic mass is 9.97. The topological polar surface area (TPSA) is 80.8 Å². The van der Waals surface area contributed by atoms with Crippen molar-refractivity contribution in [2.24, 2.45) is 5.92 Å². The Balaban J connectivity index is 1.60. The average Bonchev–Trinajstić information content (AvgIpc) is 2.68. The van der Waals surface area contributed by atoms with Crippen molar-refractivity contribution >= 4 is 11.8 Å². The summed E-state index contributed by atoms with van der Waals surface area (Å²) in [7, 11) is 1.57. The van der Waals surface area contributed by atoms with E-state index in [1.54, 1.807) is 25.4 Å². The van der Waals surface area contributed by atoms with Crippen LogP contribution in [0.25, 0.3) is 0 Å². The van der Waals surface area contributed by atoms with Gasteiger partial charge in [-0.15, -0.1) is 0 Å². The van der Waals surface area contributed by atoms with E-state index < -0.39 is 0 Å². The van der Waals surface area contributed by atoms with E-state index in [0.717, 1.165) is 32.2 Å². The summed E-state index contributed by atoms with van der Waals surface area (Å²) in [4.78, 5) is 30.3. The van der Waals surface area contributed by atoms with E-state index in [1.165, 1.54) is 0 Å². The van der Waals surface area contributed by atoms with Gasteiger partial charge in [-0.25, -0.2) is 0 Å². The molecule has 2 amide bonds. The number of rotatable bonds is 4. The molecule has 0 aliphatic carbocycles. The number of carbonyl (C=O) groups is 2. The summed E-state index contributed by atoms with van der Waals surface area (Å²) in [6.07, 6.45) is 4.94. The third-order valence-corrected chi connectivity index (χ3v) is 4.75. The van der Waals surface area contributed by atoms with Gasteiger partial charge in [-0.3, -0.25) is 14.6 Å². The maximum atomic E-state index is 12.7. The zero-order chi connectivity index (χ0) is 17.6. The Morgan fingerprint density at radius 3 is 2.88 bits per heavy atom. The second kappa shape index (κ2) is 8.29. The first-order chi connectivity index (χ1) is 12.2. The summed E-state index contributed by atoms with van der Waals surface area (Å²) < 4.78 is 11.4. The number of nitrogens with zero attached hydrogens (tertiary/aromatic N) is 2. The third kappa shape index (κ3) is 4.48. The van der Waals surface area contributed by atoms with Crippen LogP contribution in [0.5, 0.6) is 5.75 Å². The van der Waals surface area contributed by atoms with Crippen molar-refractivity contribution < 1.29 is 19.1 Å². The highest BCUT2D eigenvalue weighted by Gasteiger charge is 2.30. The van der Waals surface area contributed by atoms with E-state index in [0.29, 0.717) is 31.2 Å². The molecular formula is C18H25N3O4. The Kier molecular flexibility index (Phi) is 5.86. The number of aromatic nitrogens is 1. The molecule has 0 saturated carbocycles. The lowest BCUT2D eigenvalue weighted by molar-refractivity contribution is -0.141. The van der Waals surface area contributed by atoms with E-state index in [1.807, 2.05) is 4.90 Å². The number of likely N-dealkylation sites (tertiary alicyclic amines) is 1. The molecule has 1 aromatic rings. The van der Waals surface area contributed by atoms with Crippen molar-refractivity contribution in [1.82, 2.24) is 15.2 Å². The Hall–Kier alpha value is -2.15. The van der Waals surface area contributed by atoms with Gasteiger partial charge in [0, 0.05) is 45.0 Å². The predicted molar refractivity (Wildman–Crippen MR) is 91.4 cm³/mol. The first kappa shape index (κ1) is 17.7. The Morgan fingerprint density at radius 1 is 1.32 bits per heavy atom. The van der Waals surface area contributed by atoms with Crippen LogP contribution < -0.4 is 10.1 Å². The molecule has 2 aliphatic rings. The van der Waals surface area contributed by atoms with Gasteiger partial charge in [0.05, 0.1) is 6.54 Å². The van der Waals surface area contributed by atoms with Crippen molar-refractivity contribution in [3.63, 3.8) is 0 Å². The standard InChI is InChI=1S/C18H25N3O4/c1-19-17(22)16-11-14(4-7-20-16)25-15-3-2-8-21(12-15)18(23)13-5-9-24-10-6-13/h4,7,11,13,15H,2-3,5-6,8-10,12H2,1H3,(H,19,22)/t15-/m1/s1. The summed E-state index contributed by atoms with van der Waals surface area (Å²) in [6.45, 7) is 2.72. The lowest BCUT2D eigenvalue weighted by Crippen LogP contribution is -2.47. The smallest absolute Gasteiger partial charge is 0.269 e. The summed E-state index contributed by atoms with van der Waals surface area (Å²) in [6, 6.07) is 3.38. The van der Waals surface area contributed by atoms with Crippen LogP contribution >= 0.6 is 0 Å². The van der Waals surface area contributed by atoms with Crippen LogP contribution in [0.15, 0.2) is 18.3 Å². The molecule has 2 fully saturated rings. The van der Waals surface area contributed by atoms with Gasteiger partial charge >= 0.3 is 0 Å². The lowest BCUT2D eigenvalue weighted by Gasteiger charge is -2.35. The molecule has 0 radical (unpaired) electrons. The largest absolute Gasteiger partial charge is 0.488 e. The van der Waals surface area contributed by atoms with E-state index in [4.69, 9.17) is 9.47 Å². The maximum absolute atomic E-state index is 12.7. The number of hydrogen-bond acceptors (Lipinski definition) is 5. The molecule has 2 aliphatic heterocycles. The molecule has 3 rings (SSSR count). The van der Waals surface area contributed by atoms with E-state index in [9.17, 15) is 9.59 Å². The van der Waals surface area contributed by atoms with Crippen LogP contribution in [0.1, 0.15) is 36.2 Å². The van der Waals surface area contributed by atoms with E-state index in [2.05, 4.69) is 10.3 Å². The number of pyridine rings is 1. The van der Waals surface area contributed by atoms with Gasteiger partial charge in [-0.05, 0) is 31.7 Å². The normalized spacial score (nSPS) is 21.6. The molecule has 0 spiro atoms. The highest BCUT2D eigenvalue weighted by molar-refractivity contribution is 5.92. The SMILES string of the molecule is CNC(=O)c1cc(O[C@@H]2CCCN(C(=O)C3CCOCC3)C2)ccn1. The number of carbonyl (C=O) groups excluding carboxylic acids is 2. The van der Waals surface area contributed by atoms with Crippen LogP contribution in [-0.4, -0.2) is 61.2 Å². The minimum Gasteiger partial charge on any atom is -0.488 e. The van der Waals surface area contributed by atoms with Gasteiger partial charge in [0.2, 0.25) is 5.91 Å². The summed E-state index contributed by atoms with van der Waals surface area (Å²) in [5, 5.41) is 2.55. The molecule has 136 valence electrons. The Morgan fingerprint density at radius 2 is 2.12 bits per heavy atom. The molecule has 0 aromatic carbocycles. The summed E-state index contributed by atoms with van der Waals surface area (Å²) >= 11 is 0. The van der Waals surface area contributed by atoms with Crippen molar-refractivity contribution in [2.45, 2.75) is 31.8 Å². The fourth-order valence-electron chi connectivity index (χ4n) is 3.37. The van der Waals surface area contributed by atoms with Gasteiger partial charge < -0.3 is 19.7 Å². The number of ether oxygens (including phenoxy) is 2. The molecule has 0 bridgehead atoms. The van der Waals surface area contributed by atoms with Crippen LogP contribution in [-0.2, 0) is 9.53 Å². The molecule has 7 nitrogen and oxygen atoms in total. The molecule has 1 N–H and O–H groups in total. The summed E-state index contributed by atoms with van der Waals surface area (Å²) in [5.74, 6) is 0.662. The van der Waals surface area contributed by atoms with Crippen molar-refractivity contribution in [3.8, 4) is 5.75 Å². The maximum Gasteiger partial charge on any atom is 0.269 e. The third-order valence-electron chi connectivity index (χ3n) is 4.75. The highest BCUT2D eigenvalue weighted by atomic mass is 16.5. The molecule has 3 heterocycles. The zero-order valence-electron chi connectivity index (χ0n) is 14.6. The van der Waals surface area contributed by atoms with Crippen LogP contribution in [0.4, 0.5) is 0 Å². The molecule has 7 heteroatoms. The van der Waals surface area contributed by atoms with Crippen LogP contribution in [0, 0.1) is 5.92 Å². The molecule has 2 saturated heterocycles. The second-order valence-electron chi connectivity index (χ2n) is 6.51. The van der Waals surface area contributed by atoms with E-state index in [-0.39, 0.29) is 23.8 Å². The van der Waals surface area contributed by atoms with Gasteiger partial charge in [-0.2, -0.15) is 0 Å². The zero-order valence-corrected chi connectivity index (χ0v) is 14.6. The second-order valence-corrected chi connectivity index (χ2v) is 6.51.